The molecule has 0 aliphatic heterocycles. The molecule has 0 unspecified atom stereocenters. The summed E-state index contributed by atoms with van der Waals surface area (Å²) in [5.41, 5.74) is 4.47. The lowest BCUT2D eigenvalue weighted by atomic mass is 10.0. The molecule has 0 saturated carbocycles. The molecule has 0 atom stereocenters. The second-order valence-corrected chi connectivity index (χ2v) is 8.86. The summed E-state index contributed by atoms with van der Waals surface area (Å²) in [5.74, 6) is 3.36. The second-order valence-electron chi connectivity index (χ2n) is 8.86. The molecule has 8 nitrogen and oxygen atoms in total. The van der Waals surface area contributed by atoms with Gasteiger partial charge < -0.3 is 4.57 Å². The summed E-state index contributed by atoms with van der Waals surface area (Å²) in [7, 11) is 0. The molecule has 3 aromatic heterocycles. The lowest BCUT2D eigenvalue weighted by Crippen LogP contribution is -2.08. The molecule has 0 saturated heterocycles. The van der Waals surface area contributed by atoms with E-state index in [-0.39, 0.29) is 0 Å². The van der Waals surface area contributed by atoms with Gasteiger partial charge in [0.2, 0.25) is 0 Å². The Morgan fingerprint density at radius 1 is 1.00 bits per heavy atom. The predicted molar refractivity (Wildman–Crippen MR) is 125 cm³/mol. The Morgan fingerprint density at radius 3 is 2.41 bits per heavy atom. The van der Waals surface area contributed by atoms with E-state index >= 15 is 0 Å². The molecule has 8 heteroatoms. The van der Waals surface area contributed by atoms with Crippen molar-refractivity contribution in [1.29, 1.82) is 0 Å². The van der Waals surface area contributed by atoms with Crippen LogP contribution in [0.5, 0.6) is 0 Å². The van der Waals surface area contributed by atoms with Gasteiger partial charge in [-0.2, -0.15) is 5.10 Å². The van der Waals surface area contributed by atoms with E-state index in [0.29, 0.717) is 17.7 Å². The van der Waals surface area contributed by atoms with Crippen LogP contribution < -0.4 is 0 Å². The highest BCUT2D eigenvalue weighted by Crippen LogP contribution is 2.30. The largest absolute Gasteiger partial charge is 0.314 e. The highest BCUT2D eigenvalue weighted by Gasteiger charge is 2.18. The number of benzene rings is 1. The molecule has 1 aromatic carbocycles. The Labute approximate surface area is 189 Å². The molecule has 0 aliphatic rings. The first kappa shape index (κ1) is 21.9. The van der Waals surface area contributed by atoms with Crippen LogP contribution in [0.2, 0.25) is 0 Å². The number of aromatic nitrogens is 8. The third kappa shape index (κ3) is 4.49. The molecule has 4 aromatic rings. The van der Waals surface area contributed by atoms with E-state index in [1.807, 2.05) is 0 Å². The van der Waals surface area contributed by atoms with Gasteiger partial charge in [-0.25, -0.2) is 14.8 Å². The molecule has 4 rings (SSSR count). The highest BCUT2D eigenvalue weighted by molar-refractivity contribution is 5.61. The number of aryl methyl sites for hydroxylation is 1. The van der Waals surface area contributed by atoms with Crippen LogP contribution in [0.15, 0.2) is 36.5 Å². The van der Waals surface area contributed by atoms with Gasteiger partial charge in [-0.05, 0) is 52.1 Å². The smallest absolute Gasteiger partial charge is 0.196 e. The molecule has 3 heterocycles. The summed E-state index contributed by atoms with van der Waals surface area (Å²) in [6.07, 6.45) is 5.32. The van der Waals surface area contributed by atoms with E-state index in [9.17, 15) is 0 Å². The van der Waals surface area contributed by atoms with Gasteiger partial charge in [-0.15, -0.1) is 5.10 Å². The maximum atomic E-state index is 4.79. The highest BCUT2D eigenvalue weighted by atomic mass is 15.5. The molecule has 0 radical (unpaired) electrons. The van der Waals surface area contributed by atoms with Crippen LogP contribution in [0.1, 0.15) is 82.1 Å². The van der Waals surface area contributed by atoms with Gasteiger partial charge in [-0.3, -0.25) is 0 Å². The number of H-pyrrole nitrogens is 1. The maximum Gasteiger partial charge on any atom is 0.196 e. The Kier molecular flexibility index (Phi) is 6.48. The van der Waals surface area contributed by atoms with Crippen LogP contribution in [0.25, 0.3) is 17.2 Å². The Morgan fingerprint density at radius 2 is 1.78 bits per heavy atom. The standard InChI is InChI=1S/C24H32N8/c1-6-7-8-21-25-23(17(4)5)28-32(21)15-18-9-11-19(12-10-18)31-14-13-20(16(2)3)22(31)24-26-29-30-27-24/h9-14,16-17H,6-8,15H2,1-5H3,(H,26,27,29,30). The monoisotopic (exact) mass is 432 g/mol. The van der Waals surface area contributed by atoms with Crippen LogP contribution in [0, 0.1) is 0 Å². The second kappa shape index (κ2) is 9.46. The van der Waals surface area contributed by atoms with Crippen molar-refractivity contribution in [2.45, 2.75) is 72.3 Å². The summed E-state index contributed by atoms with van der Waals surface area (Å²) < 4.78 is 4.21. The fourth-order valence-corrected chi connectivity index (χ4v) is 3.86. The first-order valence-electron chi connectivity index (χ1n) is 11.5. The van der Waals surface area contributed by atoms with E-state index in [4.69, 9.17) is 10.1 Å². The van der Waals surface area contributed by atoms with E-state index < -0.39 is 0 Å². The maximum absolute atomic E-state index is 4.79. The van der Waals surface area contributed by atoms with Gasteiger partial charge in [0.05, 0.1) is 12.2 Å². The molecule has 1 N–H and O–H groups in total. The average molecular weight is 433 g/mol. The first-order chi connectivity index (χ1) is 15.5. The van der Waals surface area contributed by atoms with Crippen LogP contribution in [0.3, 0.4) is 0 Å². The van der Waals surface area contributed by atoms with Gasteiger partial charge in [-0.1, -0.05) is 53.2 Å². The first-order valence-corrected chi connectivity index (χ1v) is 11.5. The molecule has 0 aliphatic carbocycles. The van der Waals surface area contributed by atoms with Crippen molar-refractivity contribution in [2.75, 3.05) is 0 Å². The zero-order valence-electron chi connectivity index (χ0n) is 19.6. The number of hydrogen-bond acceptors (Lipinski definition) is 5. The molecular weight excluding hydrogens is 400 g/mol. The van der Waals surface area contributed by atoms with Gasteiger partial charge in [0.15, 0.2) is 11.6 Å². The molecule has 0 bridgehead atoms. The van der Waals surface area contributed by atoms with Gasteiger partial charge in [0.1, 0.15) is 5.82 Å². The predicted octanol–water partition coefficient (Wildman–Crippen LogP) is 4.89. The van der Waals surface area contributed by atoms with Crippen molar-refractivity contribution in [2.24, 2.45) is 0 Å². The van der Waals surface area contributed by atoms with Crippen molar-refractivity contribution in [1.82, 2.24) is 40.0 Å². The van der Waals surface area contributed by atoms with E-state index in [1.165, 1.54) is 11.1 Å². The van der Waals surface area contributed by atoms with Crippen molar-refractivity contribution in [3.8, 4) is 17.2 Å². The lowest BCUT2D eigenvalue weighted by molar-refractivity contribution is 0.610. The van der Waals surface area contributed by atoms with Crippen molar-refractivity contribution in [3.05, 3.63) is 59.3 Å². The third-order valence-corrected chi connectivity index (χ3v) is 5.69. The molecule has 0 amide bonds. The van der Waals surface area contributed by atoms with Crippen LogP contribution in [0.4, 0.5) is 0 Å². The number of hydrogen-bond donors (Lipinski definition) is 1. The minimum absolute atomic E-state index is 0.326. The molecule has 32 heavy (non-hydrogen) atoms. The van der Waals surface area contributed by atoms with Crippen LogP contribution >= 0.6 is 0 Å². The zero-order chi connectivity index (χ0) is 22.7. The summed E-state index contributed by atoms with van der Waals surface area (Å²) in [6.45, 7) is 11.6. The van der Waals surface area contributed by atoms with E-state index in [0.717, 1.165) is 48.8 Å². The number of tetrazole rings is 1. The number of aromatic amines is 1. The summed E-state index contributed by atoms with van der Waals surface area (Å²) in [5, 5.41) is 19.4. The minimum Gasteiger partial charge on any atom is -0.314 e. The topological polar surface area (TPSA) is 90.1 Å². The summed E-state index contributed by atoms with van der Waals surface area (Å²) in [4.78, 5) is 4.79. The summed E-state index contributed by atoms with van der Waals surface area (Å²) in [6, 6.07) is 10.7. The molecule has 0 spiro atoms. The van der Waals surface area contributed by atoms with Crippen LogP contribution in [-0.2, 0) is 13.0 Å². The van der Waals surface area contributed by atoms with Crippen molar-refractivity contribution >= 4 is 0 Å². The SMILES string of the molecule is CCCCc1nc(C(C)C)nn1Cc1ccc(-n2ccc(C(C)C)c2-c2nnn[nH]2)cc1. The Bertz CT molecular complexity index is 1130. The Balaban J connectivity index is 1.62. The molecule has 168 valence electrons. The van der Waals surface area contributed by atoms with E-state index in [2.05, 4.69) is 101 Å². The quantitative estimate of drug-likeness (QED) is 0.407. The number of rotatable bonds is 9. The zero-order valence-corrected chi connectivity index (χ0v) is 19.6. The third-order valence-electron chi connectivity index (χ3n) is 5.69. The number of unbranched alkanes of at least 4 members (excludes halogenated alkanes) is 1. The number of nitrogens with one attached hydrogen (secondary N) is 1. The fourth-order valence-electron chi connectivity index (χ4n) is 3.86. The van der Waals surface area contributed by atoms with E-state index in [1.54, 1.807) is 0 Å². The minimum atomic E-state index is 0.326. The van der Waals surface area contributed by atoms with Crippen LogP contribution in [-0.4, -0.2) is 40.0 Å². The molecular formula is C24H32N8. The van der Waals surface area contributed by atoms with Crippen molar-refractivity contribution in [3.63, 3.8) is 0 Å². The van der Waals surface area contributed by atoms with Crippen molar-refractivity contribution < 1.29 is 0 Å². The molecule has 0 fully saturated rings. The van der Waals surface area contributed by atoms with Gasteiger partial charge in [0.25, 0.3) is 0 Å². The lowest BCUT2D eigenvalue weighted by Gasteiger charge is -2.12. The Hall–Kier alpha value is -3.29. The van der Waals surface area contributed by atoms with Gasteiger partial charge >= 0.3 is 0 Å². The average Bonchev–Trinajstić information content (AvgIpc) is 3.52. The van der Waals surface area contributed by atoms with Gasteiger partial charge in [0, 0.05) is 24.2 Å². The normalized spacial score (nSPS) is 11.7. The fraction of sp³-hybridized carbons (Fsp3) is 0.458. The summed E-state index contributed by atoms with van der Waals surface area (Å²) >= 11 is 0. The number of nitrogens with zero attached hydrogens (tertiary/aromatic N) is 7.